The van der Waals surface area contributed by atoms with E-state index in [-0.39, 0.29) is 35.5 Å². The minimum atomic E-state index is -3.90. The first-order valence-corrected chi connectivity index (χ1v) is 8.36. The van der Waals surface area contributed by atoms with Crippen molar-refractivity contribution in [3.8, 4) is 0 Å². The molecular weight excluding hydrogens is 316 g/mol. The summed E-state index contributed by atoms with van der Waals surface area (Å²) >= 11 is 5.93. The molecule has 0 saturated heterocycles. The molecule has 0 saturated carbocycles. The van der Waals surface area contributed by atoms with Gasteiger partial charge in [-0.1, -0.05) is 25.4 Å². The fourth-order valence-electron chi connectivity index (χ4n) is 1.70. The number of aromatic nitrogens is 1. The number of ether oxygens (including phenoxy) is 1. The Morgan fingerprint density at radius 2 is 2.14 bits per heavy atom. The Morgan fingerprint density at radius 3 is 2.67 bits per heavy atom. The Hall–Kier alpha value is -1.18. The van der Waals surface area contributed by atoms with Gasteiger partial charge in [0, 0.05) is 18.9 Å². The van der Waals surface area contributed by atoms with Gasteiger partial charge in [-0.2, -0.15) is 4.31 Å². The van der Waals surface area contributed by atoms with Crippen molar-refractivity contribution in [2.75, 3.05) is 19.7 Å². The van der Waals surface area contributed by atoms with E-state index in [1.807, 2.05) is 13.8 Å². The largest absolute Gasteiger partial charge is 0.465 e. The van der Waals surface area contributed by atoms with Crippen LogP contribution in [0.2, 0.25) is 5.02 Å². The lowest BCUT2D eigenvalue weighted by Gasteiger charge is -2.23. The summed E-state index contributed by atoms with van der Waals surface area (Å²) in [6.07, 6.45) is 2.58. The van der Waals surface area contributed by atoms with Crippen LogP contribution in [-0.4, -0.2) is 43.4 Å². The maximum atomic E-state index is 12.6. The molecule has 0 radical (unpaired) electrons. The van der Waals surface area contributed by atoms with Crippen LogP contribution in [0.25, 0.3) is 0 Å². The molecule has 21 heavy (non-hydrogen) atoms. The zero-order valence-corrected chi connectivity index (χ0v) is 13.8. The second kappa shape index (κ2) is 7.72. The van der Waals surface area contributed by atoms with E-state index in [4.69, 9.17) is 16.3 Å². The molecule has 0 unspecified atom stereocenters. The molecule has 0 fully saturated rings. The van der Waals surface area contributed by atoms with Gasteiger partial charge in [0.05, 0.1) is 11.6 Å². The summed E-state index contributed by atoms with van der Waals surface area (Å²) in [6.45, 7) is 5.42. The second-order valence-electron chi connectivity index (χ2n) is 4.80. The molecular formula is C13H19ClN2O4S. The molecule has 0 amide bonds. The molecule has 0 aliphatic carbocycles. The van der Waals surface area contributed by atoms with Crippen LogP contribution in [0.5, 0.6) is 0 Å². The third-order valence-electron chi connectivity index (χ3n) is 2.53. The Balaban J connectivity index is 3.12. The van der Waals surface area contributed by atoms with Crippen LogP contribution in [0.15, 0.2) is 23.4 Å². The van der Waals surface area contributed by atoms with E-state index in [0.29, 0.717) is 0 Å². The van der Waals surface area contributed by atoms with Gasteiger partial charge in [-0.3, -0.25) is 9.78 Å². The molecule has 1 heterocycles. The third-order valence-corrected chi connectivity index (χ3v) is 4.81. The maximum absolute atomic E-state index is 12.6. The van der Waals surface area contributed by atoms with Gasteiger partial charge in [0.2, 0.25) is 10.0 Å². The molecule has 0 N–H and O–H groups in total. The predicted molar refractivity (Wildman–Crippen MR) is 79.5 cm³/mol. The van der Waals surface area contributed by atoms with E-state index in [0.717, 1.165) is 4.31 Å². The van der Waals surface area contributed by atoms with Crippen molar-refractivity contribution in [2.24, 2.45) is 5.92 Å². The molecule has 0 aliphatic rings. The Morgan fingerprint density at radius 1 is 1.48 bits per heavy atom. The quantitative estimate of drug-likeness (QED) is 0.712. The summed E-state index contributed by atoms with van der Waals surface area (Å²) in [5.41, 5.74) is 0. The summed E-state index contributed by atoms with van der Waals surface area (Å²) in [6, 6.07) is 1.40. The van der Waals surface area contributed by atoms with Gasteiger partial charge in [-0.25, -0.2) is 8.42 Å². The minimum Gasteiger partial charge on any atom is -0.465 e. The van der Waals surface area contributed by atoms with Crippen molar-refractivity contribution in [3.05, 3.63) is 23.5 Å². The van der Waals surface area contributed by atoms with Crippen LogP contribution in [0.1, 0.15) is 20.8 Å². The monoisotopic (exact) mass is 334 g/mol. The molecule has 1 rings (SSSR count). The summed E-state index contributed by atoms with van der Waals surface area (Å²) in [5.74, 6) is -0.550. The van der Waals surface area contributed by atoms with Crippen LogP contribution >= 0.6 is 11.6 Å². The highest BCUT2D eigenvalue weighted by molar-refractivity contribution is 7.89. The van der Waals surface area contributed by atoms with E-state index in [1.165, 1.54) is 18.5 Å². The first-order chi connectivity index (χ1) is 9.78. The standard InChI is InChI=1S/C13H19ClN2O4S/c1-4-20-13(17)9-16(8-10(2)3)21(18,19)12-7-15-6-5-11(12)14/h5-7,10H,4,8-9H2,1-3H3. The zero-order chi connectivity index (χ0) is 16.0. The summed E-state index contributed by atoms with van der Waals surface area (Å²) in [7, 11) is -3.90. The number of nitrogens with zero attached hydrogens (tertiary/aromatic N) is 2. The smallest absolute Gasteiger partial charge is 0.321 e. The topological polar surface area (TPSA) is 76.6 Å². The third kappa shape index (κ3) is 4.94. The summed E-state index contributed by atoms with van der Waals surface area (Å²) < 4.78 is 31.1. The van der Waals surface area contributed by atoms with Crippen molar-refractivity contribution < 1.29 is 17.9 Å². The zero-order valence-electron chi connectivity index (χ0n) is 12.2. The van der Waals surface area contributed by atoms with Crippen LogP contribution in [0.4, 0.5) is 0 Å². The number of hydrogen-bond donors (Lipinski definition) is 0. The molecule has 118 valence electrons. The fourth-order valence-corrected chi connectivity index (χ4v) is 3.65. The SMILES string of the molecule is CCOC(=O)CN(CC(C)C)S(=O)(=O)c1cnccc1Cl. The lowest BCUT2D eigenvalue weighted by molar-refractivity contribution is -0.143. The maximum Gasteiger partial charge on any atom is 0.321 e. The van der Waals surface area contributed by atoms with Gasteiger partial charge in [-0.15, -0.1) is 0 Å². The Labute approximate surface area is 130 Å². The van der Waals surface area contributed by atoms with Gasteiger partial charge in [-0.05, 0) is 18.9 Å². The number of carbonyl (C=O) groups is 1. The molecule has 0 aromatic carbocycles. The highest BCUT2D eigenvalue weighted by atomic mass is 35.5. The highest BCUT2D eigenvalue weighted by Gasteiger charge is 2.29. The molecule has 6 nitrogen and oxygen atoms in total. The van der Waals surface area contributed by atoms with Gasteiger partial charge in [0.1, 0.15) is 11.4 Å². The average Bonchev–Trinajstić information content (AvgIpc) is 2.38. The lowest BCUT2D eigenvalue weighted by atomic mass is 10.2. The predicted octanol–water partition coefficient (Wildman–Crippen LogP) is 1.94. The molecule has 1 aromatic rings. The van der Waals surface area contributed by atoms with Gasteiger partial charge >= 0.3 is 5.97 Å². The van der Waals surface area contributed by atoms with Crippen molar-refractivity contribution in [1.29, 1.82) is 0 Å². The molecule has 8 heteroatoms. The number of halogens is 1. The average molecular weight is 335 g/mol. The number of esters is 1. The minimum absolute atomic E-state index is 0.0460. The van der Waals surface area contributed by atoms with E-state index in [1.54, 1.807) is 6.92 Å². The summed E-state index contributed by atoms with van der Waals surface area (Å²) in [5, 5.41) is 0.0719. The van der Waals surface area contributed by atoms with Crippen molar-refractivity contribution in [2.45, 2.75) is 25.7 Å². The van der Waals surface area contributed by atoms with Crippen LogP contribution < -0.4 is 0 Å². The van der Waals surface area contributed by atoms with Crippen LogP contribution in [0.3, 0.4) is 0 Å². The normalized spacial score (nSPS) is 11.9. The van der Waals surface area contributed by atoms with Crippen molar-refractivity contribution in [1.82, 2.24) is 9.29 Å². The van der Waals surface area contributed by atoms with Crippen molar-refractivity contribution in [3.63, 3.8) is 0 Å². The van der Waals surface area contributed by atoms with Gasteiger partial charge in [0.25, 0.3) is 0 Å². The fraction of sp³-hybridized carbons (Fsp3) is 0.538. The number of pyridine rings is 1. The molecule has 1 aromatic heterocycles. The van der Waals surface area contributed by atoms with Gasteiger partial charge in [0.15, 0.2) is 0 Å². The van der Waals surface area contributed by atoms with E-state index >= 15 is 0 Å². The number of rotatable bonds is 7. The van der Waals surface area contributed by atoms with E-state index < -0.39 is 16.0 Å². The van der Waals surface area contributed by atoms with E-state index in [9.17, 15) is 13.2 Å². The first kappa shape index (κ1) is 17.9. The lowest BCUT2D eigenvalue weighted by Crippen LogP contribution is -2.39. The second-order valence-corrected chi connectivity index (χ2v) is 7.12. The molecule has 0 aliphatic heterocycles. The van der Waals surface area contributed by atoms with Crippen molar-refractivity contribution >= 4 is 27.6 Å². The highest BCUT2D eigenvalue weighted by Crippen LogP contribution is 2.23. The van der Waals surface area contributed by atoms with E-state index in [2.05, 4.69) is 4.98 Å². The number of sulfonamides is 1. The molecule has 0 atom stereocenters. The molecule has 0 bridgehead atoms. The first-order valence-electron chi connectivity index (χ1n) is 6.54. The van der Waals surface area contributed by atoms with Crippen LogP contribution in [-0.2, 0) is 19.6 Å². The Kier molecular flexibility index (Phi) is 6.57. The van der Waals surface area contributed by atoms with Crippen LogP contribution in [0, 0.1) is 5.92 Å². The molecule has 0 spiro atoms. The number of carbonyl (C=O) groups excluding carboxylic acids is 1. The number of hydrogen-bond acceptors (Lipinski definition) is 5. The van der Waals surface area contributed by atoms with Gasteiger partial charge < -0.3 is 4.74 Å². The summed E-state index contributed by atoms with van der Waals surface area (Å²) in [4.78, 5) is 15.3. The Bertz CT molecular complexity index is 590.